The number of nitrogens with zero attached hydrogens (tertiary/aromatic N) is 1. The molecule has 18 heavy (non-hydrogen) atoms. The lowest BCUT2D eigenvalue weighted by molar-refractivity contribution is -0.114. The number of hydrogen-bond donors (Lipinski definition) is 0. The Morgan fingerprint density at radius 3 is 2.22 bits per heavy atom. The fraction of sp³-hybridized carbons (Fsp3) is 0.533. The number of piperidine rings is 1. The average molecular weight is 249 g/mol. The van der Waals surface area contributed by atoms with Crippen LogP contribution in [0.1, 0.15) is 32.3 Å². The van der Waals surface area contributed by atoms with Gasteiger partial charge >= 0.3 is 0 Å². The Hall–Kier alpha value is -1.22. The van der Waals surface area contributed by atoms with E-state index in [-0.39, 0.29) is 5.82 Å². The summed E-state index contributed by atoms with van der Waals surface area (Å²) in [6.45, 7) is 6.19. The minimum Gasteiger partial charge on any atom is -0.302 e. The molecule has 98 valence electrons. The van der Waals surface area contributed by atoms with Gasteiger partial charge in [-0.1, -0.05) is 12.1 Å². The molecule has 1 aliphatic rings. The van der Waals surface area contributed by atoms with E-state index in [9.17, 15) is 9.18 Å². The summed E-state index contributed by atoms with van der Waals surface area (Å²) in [5.74, 6) is -0.251. The van der Waals surface area contributed by atoms with Crippen molar-refractivity contribution in [1.29, 1.82) is 0 Å². The lowest BCUT2D eigenvalue weighted by Gasteiger charge is -2.40. The SMILES string of the molecule is CC(C)N1CCC(C=O)(c2ccc(F)cc2)CC1. The van der Waals surface area contributed by atoms with E-state index in [2.05, 4.69) is 18.7 Å². The standard InChI is InChI=1S/C15H20FNO/c1-12(2)17-9-7-15(11-18,8-10-17)13-3-5-14(16)6-4-13/h3-6,11-12H,7-10H2,1-2H3. The van der Waals surface area contributed by atoms with Crippen LogP contribution >= 0.6 is 0 Å². The van der Waals surface area contributed by atoms with Gasteiger partial charge in [0.15, 0.2) is 0 Å². The second-order valence-corrected chi connectivity index (χ2v) is 5.41. The van der Waals surface area contributed by atoms with Gasteiger partial charge in [0.1, 0.15) is 12.1 Å². The van der Waals surface area contributed by atoms with Gasteiger partial charge in [0.25, 0.3) is 0 Å². The van der Waals surface area contributed by atoms with Gasteiger partial charge in [-0.2, -0.15) is 0 Å². The molecule has 0 radical (unpaired) electrons. The maximum Gasteiger partial charge on any atom is 0.130 e. The van der Waals surface area contributed by atoms with Crippen LogP contribution in [0, 0.1) is 5.82 Å². The highest BCUT2D eigenvalue weighted by Crippen LogP contribution is 2.34. The fourth-order valence-corrected chi connectivity index (χ4v) is 2.70. The summed E-state index contributed by atoms with van der Waals surface area (Å²) in [5, 5.41) is 0. The van der Waals surface area contributed by atoms with E-state index < -0.39 is 5.41 Å². The molecule has 1 aliphatic heterocycles. The normalized spacial score (nSPS) is 20.0. The van der Waals surface area contributed by atoms with Crippen LogP contribution in [0.3, 0.4) is 0 Å². The Labute approximate surface area is 108 Å². The Kier molecular flexibility index (Phi) is 3.81. The predicted molar refractivity (Wildman–Crippen MR) is 70.1 cm³/mol. The first-order valence-electron chi connectivity index (χ1n) is 6.54. The largest absolute Gasteiger partial charge is 0.302 e. The summed E-state index contributed by atoms with van der Waals surface area (Å²) in [6.07, 6.45) is 2.69. The minimum atomic E-state index is -0.418. The summed E-state index contributed by atoms with van der Waals surface area (Å²) in [6, 6.07) is 6.89. The van der Waals surface area contributed by atoms with Crippen molar-refractivity contribution in [1.82, 2.24) is 4.90 Å². The number of halogens is 1. The van der Waals surface area contributed by atoms with Gasteiger partial charge in [-0.3, -0.25) is 0 Å². The highest BCUT2D eigenvalue weighted by atomic mass is 19.1. The molecule has 0 aliphatic carbocycles. The van der Waals surface area contributed by atoms with E-state index in [1.807, 2.05) is 0 Å². The smallest absolute Gasteiger partial charge is 0.130 e. The molecule has 1 saturated heterocycles. The number of carbonyl (C=O) groups excluding carboxylic acids is 1. The molecule has 1 fully saturated rings. The van der Waals surface area contributed by atoms with Crippen molar-refractivity contribution in [3.8, 4) is 0 Å². The highest BCUT2D eigenvalue weighted by Gasteiger charge is 2.36. The third-order valence-corrected chi connectivity index (χ3v) is 4.07. The lowest BCUT2D eigenvalue weighted by Crippen LogP contribution is -2.46. The van der Waals surface area contributed by atoms with Crippen LogP contribution in [0.5, 0.6) is 0 Å². The first-order valence-corrected chi connectivity index (χ1v) is 6.54. The van der Waals surface area contributed by atoms with Gasteiger partial charge in [0.2, 0.25) is 0 Å². The van der Waals surface area contributed by atoms with E-state index in [0.29, 0.717) is 6.04 Å². The Balaban J connectivity index is 2.18. The minimum absolute atomic E-state index is 0.251. The van der Waals surface area contributed by atoms with Gasteiger partial charge in [-0.25, -0.2) is 4.39 Å². The molecule has 1 aromatic carbocycles. The van der Waals surface area contributed by atoms with Gasteiger partial charge in [-0.05, 0) is 57.5 Å². The van der Waals surface area contributed by atoms with E-state index in [0.717, 1.165) is 37.8 Å². The maximum atomic E-state index is 13.0. The molecule has 1 aromatic rings. The molecule has 0 atom stereocenters. The van der Waals surface area contributed by atoms with Crippen molar-refractivity contribution in [3.63, 3.8) is 0 Å². The Morgan fingerprint density at radius 2 is 1.78 bits per heavy atom. The Morgan fingerprint density at radius 1 is 1.22 bits per heavy atom. The molecule has 0 N–H and O–H groups in total. The fourth-order valence-electron chi connectivity index (χ4n) is 2.70. The molecular formula is C15H20FNO. The second-order valence-electron chi connectivity index (χ2n) is 5.41. The monoisotopic (exact) mass is 249 g/mol. The molecule has 3 heteroatoms. The van der Waals surface area contributed by atoms with Crippen LogP contribution in [0.4, 0.5) is 4.39 Å². The van der Waals surface area contributed by atoms with E-state index in [1.165, 1.54) is 12.1 Å². The molecule has 0 amide bonds. The van der Waals surface area contributed by atoms with Gasteiger partial charge in [0.05, 0.1) is 5.41 Å². The van der Waals surface area contributed by atoms with Crippen molar-refractivity contribution in [2.75, 3.05) is 13.1 Å². The summed E-state index contributed by atoms with van der Waals surface area (Å²) < 4.78 is 13.0. The molecule has 0 saturated carbocycles. The van der Waals surface area contributed by atoms with E-state index in [1.54, 1.807) is 12.1 Å². The summed E-state index contributed by atoms with van der Waals surface area (Å²) in [4.78, 5) is 13.9. The zero-order valence-corrected chi connectivity index (χ0v) is 11.0. The summed E-state index contributed by atoms with van der Waals surface area (Å²) in [7, 11) is 0. The van der Waals surface area contributed by atoms with Crippen LogP contribution in [0.15, 0.2) is 24.3 Å². The van der Waals surface area contributed by atoms with Crippen molar-refractivity contribution in [3.05, 3.63) is 35.6 Å². The number of hydrogen-bond acceptors (Lipinski definition) is 2. The maximum absolute atomic E-state index is 13.0. The number of likely N-dealkylation sites (tertiary alicyclic amines) is 1. The zero-order valence-electron chi connectivity index (χ0n) is 11.0. The molecule has 0 aromatic heterocycles. The van der Waals surface area contributed by atoms with E-state index in [4.69, 9.17) is 0 Å². The summed E-state index contributed by atoms with van der Waals surface area (Å²) >= 11 is 0. The first kappa shape index (κ1) is 13.2. The molecular weight excluding hydrogens is 229 g/mol. The van der Waals surface area contributed by atoms with Crippen molar-refractivity contribution in [2.24, 2.45) is 0 Å². The summed E-state index contributed by atoms with van der Waals surface area (Å²) in [5.41, 5.74) is 0.529. The Bertz CT molecular complexity index is 405. The number of benzene rings is 1. The van der Waals surface area contributed by atoms with Crippen molar-refractivity contribution in [2.45, 2.75) is 38.1 Å². The third kappa shape index (κ3) is 2.46. The van der Waals surface area contributed by atoms with Gasteiger partial charge in [-0.15, -0.1) is 0 Å². The van der Waals surface area contributed by atoms with E-state index >= 15 is 0 Å². The number of rotatable bonds is 3. The molecule has 0 bridgehead atoms. The predicted octanol–water partition coefficient (Wildman–Crippen LogP) is 2.77. The zero-order chi connectivity index (χ0) is 13.2. The molecule has 0 unspecified atom stereocenters. The second kappa shape index (κ2) is 5.19. The topological polar surface area (TPSA) is 20.3 Å². The van der Waals surface area contributed by atoms with Crippen LogP contribution in [-0.2, 0) is 10.2 Å². The van der Waals surface area contributed by atoms with Crippen LogP contribution in [-0.4, -0.2) is 30.3 Å². The number of carbonyl (C=O) groups is 1. The van der Waals surface area contributed by atoms with Crippen LogP contribution in [0.2, 0.25) is 0 Å². The number of aldehydes is 1. The van der Waals surface area contributed by atoms with Crippen molar-refractivity contribution >= 4 is 6.29 Å². The quantitative estimate of drug-likeness (QED) is 0.768. The first-order chi connectivity index (χ1) is 8.57. The molecule has 2 rings (SSSR count). The average Bonchev–Trinajstić information content (AvgIpc) is 2.39. The van der Waals surface area contributed by atoms with Crippen LogP contribution < -0.4 is 0 Å². The molecule has 2 nitrogen and oxygen atoms in total. The van der Waals surface area contributed by atoms with Gasteiger partial charge < -0.3 is 9.69 Å². The van der Waals surface area contributed by atoms with Crippen LogP contribution in [0.25, 0.3) is 0 Å². The lowest BCUT2D eigenvalue weighted by atomic mass is 9.74. The van der Waals surface area contributed by atoms with Crippen molar-refractivity contribution < 1.29 is 9.18 Å². The molecule has 1 heterocycles. The van der Waals surface area contributed by atoms with Gasteiger partial charge in [0, 0.05) is 6.04 Å². The third-order valence-electron chi connectivity index (χ3n) is 4.07. The molecule has 0 spiro atoms. The highest BCUT2D eigenvalue weighted by molar-refractivity contribution is 5.69.